The summed E-state index contributed by atoms with van der Waals surface area (Å²) in [7, 11) is 0. The number of hydrogen-bond donors (Lipinski definition) is 1. The molecule has 0 spiro atoms. The van der Waals surface area contributed by atoms with Gasteiger partial charge < -0.3 is 5.32 Å². The number of nitro benzene ring substituents is 1. The second kappa shape index (κ2) is 6.32. The maximum absolute atomic E-state index is 13.0. The predicted molar refractivity (Wildman–Crippen MR) is 73.2 cm³/mol. The predicted octanol–water partition coefficient (Wildman–Crippen LogP) is 4.61. The summed E-state index contributed by atoms with van der Waals surface area (Å²) in [6, 6.07) is 2.81. The van der Waals surface area contributed by atoms with Crippen molar-refractivity contribution in [2.24, 2.45) is 5.92 Å². The molecular weight excluding hydrogens is 285 g/mol. The smallest absolute Gasteiger partial charge is 0.385 e. The van der Waals surface area contributed by atoms with E-state index < -0.39 is 22.4 Å². The Morgan fingerprint density at radius 2 is 1.95 bits per heavy atom. The van der Waals surface area contributed by atoms with Gasteiger partial charge in [-0.2, -0.15) is 13.2 Å². The van der Waals surface area contributed by atoms with Crippen LogP contribution in [0.1, 0.15) is 37.7 Å². The van der Waals surface area contributed by atoms with Gasteiger partial charge in [-0.15, -0.1) is 0 Å². The minimum Gasteiger partial charge on any atom is -0.385 e. The molecule has 116 valence electrons. The Morgan fingerprint density at radius 3 is 2.52 bits per heavy atom. The van der Waals surface area contributed by atoms with Crippen LogP contribution in [0.2, 0.25) is 0 Å². The van der Waals surface area contributed by atoms with Gasteiger partial charge in [0.15, 0.2) is 0 Å². The summed E-state index contributed by atoms with van der Waals surface area (Å²) in [5, 5.41) is 13.4. The molecule has 1 fully saturated rings. The third kappa shape index (κ3) is 4.09. The molecule has 0 amide bonds. The first kappa shape index (κ1) is 15.6. The Labute approximate surface area is 120 Å². The molecule has 0 heterocycles. The van der Waals surface area contributed by atoms with Gasteiger partial charge in [0.25, 0.3) is 5.69 Å². The summed E-state index contributed by atoms with van der Waals surface area (Å²) in [5.41, 5.74) is -1.63. The molecule has 0 atom stereocenters. The van der Waals surface area contributed by atoms with E-state index in [1.165, 1.54) is 12.8 Å². The number of benzene rings is 1. The van der Waals surface area contributed by atoms with Gasteiger partial charge in [0.2, 0.25) is 0 Å². The molecule has 0 aliphatic heterocycles. The Kier molecular flexibility index (Phi) is 4.69. The lowest BCUT2D eigenvalue weighted by Gasteiger charge is -2.15. The number of halogens is 3. The molecule has 4 nitrogen and oxygen atoms in total. The fraction of sp³-hybridized carbons (Fsp3) is 0.571. The first-order valence-corrected chi connectivity index (χ1v) is 6.97. The van der Waals surface area contributed by atoms with Crippen LogP contribution in [0.5, 0.6) is 0 Å². The summed E-state index contributed by atoms with van der Waals surface area (Å²) in [6.45, 7) is 0.450. The number of non-ortho nitro benzene ring substituents is 1. The second-order valence-electron chi connectivity index (χ2n) is 5.35. The highest BCUT2D eigenvalue weighted by Crippen LogP contribution is 2.37. The normalized spacial score (nSPS) is 16.1. The minimum absolute atomic E-state index is 0.0916. The lowest BCUT2D eigenvalue weighted by atomic mass is 10.0. The van der Waals surface area contributed by atoms with Crippen LogP contribution >= 0.6 is 0 Å². The average molecular weight is 302 g/mol. The molecule has 2 rings (SSSR count). The number of alkyl halides is 3. The van der Waals surface area contributed by atoms with E-state index in [-0.39, 0.29) is 5.69 Å². The lowest BCUT2D eigenvalue weighted by Crippen LogP contribution is -2.13. The van der Waals surface area contributed by atoms with Crippen molar-refractivity contribution in [3.05, 3.63) is 33.9 Å². The molecule has 1 aromatic rings. The fourth-order valence-electron chi connectivity index (χ4n) is 2.74. The SMILES string of the molecule is O=[N+]([O-])c1ccc(NCCC2CCCC2)c(C(F)(F)F)c1. The third-order valence-corrected chi connectivity index (χ3v) is 3.86. The highest BCUT2D eigenvalue weighted by atomic mass is 19.4. The third-order valence-electron chi connectivity index (χ3n) is 3.86. The lowest BCUT2D eigenvalue weighted by molar-refractivity contribution is -0.385. The molecule has 0 saturated heterocycles. The van der Waals surface area contributed by atoms with Crippen molar-refractivity contribution in [2.45, 2.75) is 38.3 Å². The maximum atomic E-state index is 13.0. The molecule has 0 aromatic heterocycles. The largest absolute Gasteiger partial charge is 0.418 e. The van der Waals surface area contributed by atoms with Gasteiger partial charge in [0.1, 0.15) is 0 Å². The van der Waals surface area contributed by atoms with E-state index in [9.17, 15) is 23.3 Å². The van der Waals surface area contributed by atoms with Crippen LogP contribution in [-0.2, 0) is 6.18 Å². The molecule has 7 heteroatoms. The van der Waals surface area contributed by atoms with E-state index in [1.807, 2.05) is 0 Å². The fourth-order valence-corrected chi connectivity index (χ4v) is 2.74. The molecule has 21 heavy (non-hydrogen) atoms. The first-order chi connectivity index (χ1) is 9.88. The summed E-state index contributed by atoms with van der Waals surface area (Å²) in [4.78, 5) is 9.78. The number of nitro groups is 1. The van der Waals surface area contributed by atoms with Crippen molar-refractivity contribution in [3.63, 3.8) is 0 Å². The molecule has 1 aliphatic rings. The highest BCUT2D eigenvalue weighted by molar-refractivity contribution is 5.57. The Morgan fingerprint density at radius 1 is 1.29 bits per heavy atom. The van der Waals surface area contributed by atoms with Crippen molar-refractivity contribution in [3.8, 4) is 0 Å². The van der Waals surface area contributed by atoms with Gasteiger partial charge in [-0.25, -0.2) is 0 Å². The molecule has 1 aromatic carbocycles. The van der Waals surface area contributed by atoms with Crippen LogP contribution in [0, 0.1) is 16.0 Å². The summed E-state index contributed by atoms with van der Waals surface area (Å²) >= 11 is 0. The van der Waals surface area contributed by atoms with Gasteiger partial charge in [0, 0.05) is 24.4 Å². The van der Waals surface area contributed by atoms with Crippen LogP contribution in [0.25, 0.3) is 0 Å². The summed E-state index contributed by atoms with van der Waals surface area (Å²) < 4.78 is 38.9. The van der Waals surface area contributed by atoms with Crippen molar-refractivity contribution in [2.75, 3.05) is 11.9 Å². The number of hydrogen-bond acceptors (Lipinski definition) is 3. The zero-order valence-electron chi connectivity index (χ0n) is 11.4. The monoisotopic (exact) mass is 302 g/mol. The molecular formula is C14H17F3N2O2. The average Bonchev–Trinajstić information content (AvgIpc) is 2.90. The summed E-state index contributed by atoms with van der Waals surface area (Å²) in [6.07, 6.45) is 0.865. The van der Waals surface area contributed by atoms with E-state index in [2.05, 4.69) is 5.32 Å². The van der Waals surface area contributed by atoms with Gasteiger partial charge >= 0.3 is 6.18 Å². The van der Waals surface area contributed by atoms with Gasteiger partial charge in [-0.3, -0.25) is 10.1 Å². The Bertz CT molecular complexity index is 511. The van der Waals surface area contributed by atoms with Crippen molar-refractivity contribution in [1.29, 1.82) is 0 Å². The number of rotatable bonds is 5. The summed E-state index contributed by atoms with van der Waals surface area (Å²) in [5.74, 6) is 0.574. The van der Waals surface area contributed by atoms with Crippen LogP contribution in [-0.4, -0.2) is 11.5 Å². The molecule has 1 saturated carbocycles. The van der Waals surface area contributed by atoms with Gasteiger partial charge in [0.05, 0.1) is 10.5 Å². The molecule has 0 bridgehead atoms. The van der Waals surface area contributed by atoms with E-state index >= 15 is 0 Å². The van der Waals surface area contributed by atoms with E-state index in [0.717, 1.165) is 31.4 Å². The topological polar surface area (TPSA) is 55.2 Å². The second-order valence-corrected chi connectivity index (χ2v) is 5.35. The van der Waals surface area contributed by atoms with Gasteiger partial charge in [-0.05, 0) is 18.4 Å². The van der Waals surface area contributed by atoms with E-state index in [0.29, 0.717) is 18.5 Å². The van der Waals surface area contributed by atoms with Crippen LogP contribution in [0.4, 0.5) is 24.5 Å². The van der Waals surface area contributed by atoms with Crippen molar-refractivity contribution >= 4 is 11.4 Å². The van der Waals surface area contributed by atoms with Crippen LogP contribution in [0.15, 0.2) is 18.2 Å². The van der Waals surface area contributed by atoms with Crippen LogP contribution in [0.3, 0.4) is 0 Å². The zero-order valence-corrected chi connectivity index (χ0v) is 11.4. The van der Waals surface area contributed by atoms with Gasteiger partial charge in [-0.1, -0.05) is 25.7 Å². The molecule has 0 radical (unpaired) electrons. The molecule has 1 aliphatic carbocycles. The number of anilines is 1. The highest BCUT2D eigenvalue weighted by Gasteiger charge is 2.35. The van der Waals surface area contributed by atoms with Crippen molar-refractivity contribution < 1.29 is 18.1 Å². The number of nitrogens with one attached hydrogen (secondary N) is 1. The zero-order chi connectivity index (χ0) is 15.5. The quantitative estimate of drug-likeness (QED) is 0.638. The molecule has 1 N–H and O–H groups in total. The van der Waals surface area contributed by atoms with Crippen molar-refractivity contribution in [1.82, 2.24) is 0 Å². The maximum Gasteiger partial charge on any atom is 0.418 e. The van der Waals surface area contributed by atoms with E-state index in [4.69, 9.17) is 0 Å². The molecule has 0 unspecified atom stereocenters. The van der Waals surface area contributed by atoms with E-state index in [1.54, 1.807) is 0 Å². The number of nitrogens with zero attached hydrogens (tertiary/aromatic N) is 1. The Hall–Kier alpha value is -1.79. The standard InChI is InChI=1S/C14H17F3N2O2/c15-14(16,17)12-9-11(19(20)21)5-6-13(12)18-8-7-10-3-1-2-4-10/h5-6,9-10,18H,1-4,7-8H2. The minimum atomic E-state index is -4.61. The Balaban J connectivity index is 2.08. The first-order valence-electron chi connectivity index (χ1n) is 6.97. The van der Waals surface area contributed by atoms with Crippen LogP contribution < -0.4 is 5.32 Å².